The zero-order valence-electron chi connectivity index (χ0n) is 15.4. The SMILES string of the molecule is C[C@@H]1C[C@H](C)CN(CCNCCNCCCN2CC=CCC2)C1. The molecular formula is C19H38N4. The van der Waals surface area contributed by atoms with Crippen molar-refractivity contribution in [3.8, 4) is 0 Å². The van der Waals surface area contributed by atoms with E-state index in [4.69, 9.17) is 0 Å². The summed E-state index contributed by atoms with van der Waals surface area (Å²) >= 11 is 0. The van der Waals surface area contributed by atoms with Crippen LogP contribution >= 0.6 is 0 Å². The Morgan fingerprint density at radius 1 is 0.870 bits per heavy atom. The fraction of sp³-hybridized carbons (Fsp3) is 0.895. The van der Waals surface area contributed by atoms with Crippen LogP contribution in [0.25, 0.3) is 0 Å². The van der Waals surface area contributed by atoms with Gasteiger partial charge in [-0.25, -0.2) is 0 Å². The van der Waals surface area contributed by atoms with Gasteiger partial charge in [0.25, 0.3) is 0 Å². The number of nitrogens with one attached hydrogen (secondary N) is 2. The van der Waals surface area contributed by atoms with E-state index in [0.29, 0.717) is 0 Å². The van der Waals surface area contributed by atoms with Gasteiger partial charge < -0.3 is 15.5 Å². The van der Waals surface area contributed by atoms with E-state index in [1.807, 2.05) is 0 Å². The van der Waals surface area contributed by atoms with Crippen LogP contribution in [0.3, 0.4) is 0 Å². The first-order chi connectivity index (χ1) is 11.2. The molecule has 2 aliphatic heterocycles. The summed E-state index contributed by atoms with van der Waals surface area (Å²) in [6, 6.07) is 0. The third-order valence-corrected chi connectivity index (χ3v) is 5.00. The lowest BCUT2D eigenvalue weighted by atomic mass is 9.92. The Kier molecular flexibility index (Phi) is 9.20. The van der Waals surface area contributed by atoms with E-state index >= 15 is 0 Å². The van der Waals surface area contributed by atoms with Crippen molar-refractivity contribution in [2.45, 2.75) is 33.1 Å². The fourth-order valence-electron chi connectivity index (χ4n) is 3.96. The summed E-state index contributed by atoms with van der Waals surface area (Å²) < 4.78 is 0. The van der Waals surface area contributed by atoms with Crippen molar-refractivity contribution in [2.75, 3.05) is 65.4 Å². The molecule has 2 heterocycles. The molecule has 0 bridgehead atoms. The number of hydrogen-bond acceptors (Lipinski definition) is 4. The maximum Gasteiger partial charge on any atom is 0.0163 e. The monoisotopic (exact) mass is 322 g/mol. The van der Waals surface area contributed by atoms with Gasteiger partial charge in [0.15, 0.2) is 0 Å². The third-order valence-electron chi connectivity index (χ3n) is 5.00. The van der Waals surface area contributed by atoms with E-state index in [9.17, 15) is 0 Å². The minimum absolute atomic E-state index is 0.871. The second kappa shape index (κ2) is 11.2. The quantitative estimate of drug-likeness (QED) is 0.474. The lowest BCUT2D eigenvalue weighted by molar-refractivity contribution is 0.142. The molecule has 4 heteroatoms. The smallest absolute Gasteiger partial charge is 0.0163 e. The Labute approximate surface area is 143 Å². The van der Waals surface area contributed by atoms with Gasteiger partial charge in [0.1, 0.15) is 0 Å². The van der Waals surface area contributed by atoms with Gasteiger partial charge in [-0.15, -0.1) is 0 Å². The maximum absolute atomic E-state index is 3.58. The molecule has 0 aromatic rings. The molecule has 0 spiro atoms. The molecule has 2 aliphatic rings. The molecule has 134 valence electrons. The standard InChI is InChI=1S/C19H38N4/c1-18-15-19(2)17-23(16-18)14-10-21-9-8-20-7-6-13-22-11-4-3-5-12-22/h3-4,18-21H,5-17H2,1-2H3/t18-,19+. The molecule has 0 amide bonds. The van der Waals surface area contributed by atoms with Crippen LogP contribution in [0, 0.1) is 11.8 Å². The van der Waals surface area contributed by atoms with Gasteiger partial charge in [-0.05, 0) is 44.2 Å². The minimum Gasteiger partial charge on any atom is -0.315 e. The Bertz CT molecular complexity index is 321. The molecule has 4 nitrogen and oxygen atoms in total. The molecule has 1 saturated heterocycles. The molecule has 0 aromatic heterocycles. The predicted octanol–water partition coefficient (Wildman–Crippen LogP) is 1.80. The molecule has 2 atom stereocenters. The van der Waals surface area contributed by atoms with Crippen molar-refractivity contribution in [1.82, 2.24) is 20.4 Å². The van der Waals surface area contributed by atoms with Crippen molar-refractivity contribution >= 4 is 0 Å². The minimum atomic E-state index is 0.871. The van der Waals surface area contributed by atoms with Crippen molar-refractivity contribution in [3.05, 3.63) is 12.2 Å². The Morgan fingerprint density at radius 3 is 2.30 bits per heavy atom. The van der Waals surface area contributed by atoms with Crippen LogP contribution < -0.4 is 10.6 Å². The third kappa shape index (κ3) is 8.30. The van der Waals surface area contributed by atoms with Crippen LogP contribution in [-0.2, 0) is 0 Å². The summed E-state index contributed by atoms with van der Waals surface area (Å²) in [5.41, 5.74) is 0. The summed E-state index contributed by atoms with van der Waals surface area (Å²) in [7, 11) is 0. The summed E-state index contributed by atoms with van der Waals surface area (Å²) in [6.07, 6.45) is 8.49. The number of hydrogen-bond donors (Lipinski definition) is 2. The van der Waals surface area contributed by atoms with Gasteiger partial charge in [-0.2, -0.15) is 0 Å². The van der Waals surface area contributed by atoms with Crippen LogP contribution in [0.15, 0.2) is 12.2 Å². The van der Waals surface area contributed by atoms with Gasteiger partial charge in [0.2, 0.25) is 0 Å². The summed E-state index contributed by atoms with van der Waals surface area (Å²) in [5.74, 6) is 1.74. The highest BCUT2D eigenvalue weighted by Crippen LogP contribution is 2.20. The number of nitrogens with zero attached hydrogens (tertiary/aromatic N) is 2. The molecule has 0 aromatic carbocycles. The molecule has 23 heavy (non-hydrogen) atoms. The lowest BCUT2D eigenvalue weighted by Gasteiger charge is -2.34. The second-order valence-corrected chi connectivity index (χ2v) is 7.62. The van der Waals surface area contributed by atoms with E-state index < -0.39 is 0 Å². The zero-order valence-corrected chi connectivity index (χ0v) is 15.4. The van der Waals surface area contributed by atoms with Crippen molar-refractivity contribution in [2.24, 2.45) is 11.8 Å². The molecule has 2 N–H and O–H groups in total. The van der Waals surface area contributed by atoms with Crippen molar-refractivity contribution < 1.29 is 0 Å². The highest BCUT2D eigenvalue weighted by molar-refractivity contribution is 4.90. The Hall–Kier alpha value is -0.420. The predicted molar refractivity (Wildman–Crippen MR) is 99.9 cm³/mol. The van der Waals surface area contributed by atoms with Crippen LogP contribution in [0.1, 0.15) is 33.1 Å². The van der Waals surface area contributed by atoms with Crippen LogP contribution in [0.5, 0.6) is 0 Å². The number of piperidine rings is 1. The van der Waals surface area contributed by atoms with Crippen molar-refractivity contribution in [1.29, 1.82) is 0 Å². The largest absolute Gasteiger partial charge is 0.315 e. The lowest BCUT2D eigenvalue weighted by Crippen LogP contribution is -2.42. The number of likely N-dealkylation sites (tertiary alicyclic amines) is 1. The first-order valence-corrected chi connectivity index (χ1v) is 9.75. The average molecular weight is 323 g/mol. The Morgan fingerprint density at radius 2 is 1.61 bits per heavy atom. The van der Waals surface area contributed by atoms with E-state index in [0.717, 1.165) is 44.6 Å². The number of rotatable bonds is 10. The van der Waals surface area contributed by atoms with Gasteiger partial charge in [-0.3, -0.25) is 4.90 Å². The molecule has 2 rings (SSSR count). The molecule has 1 fully saturated rings. The van der Waals surface area contributed by atoms with E-state index in [-0.39, 0.29) is 0 Å². The van der Waals surface area contributed by atoms with Gasteiger partial charge >= 0.3 is 0 Å². The normalized spacial score (nSPS) is 26.7. The maximum atomic E-state index is 3.58. The first kappa shape index (κ1) is 18.9. The van der Waals surface area contributed by atoms with Gasteiger partial charge in [0.05, 0.1) is 0 Å². The molecule has 0 unspecified atom stereocenters. The molecule has 0 saturated carbocycles. The summed E-state index contributed by atoms with van der Waals surface area (Å²) in [6.45, 7) is 16.6. The summed E-state index contributed by atoms with van der Waals surface area (Å²) in [4.78, 5) is 5.17. The highest BCUT2D eigenvalue weighted by atomic mass is 15.2. The van der Waals surface area contributed by atoms with Gasteiger partial charge in [-0.1, -0.05) is 26.0 Å². The highest BCUT2D eigenvalue weighted by Gasteiger charge is 2.20. The van der Waals surface area contributed by atoms with E-state index in [1.165, 1.54) is 52.0 Å². The zero-order chi connectivity index (χ0) is 16.3. The van der Waals surface area contributed by atoms with Crippen molar-refractivity contribution in [3.63, 3.8) is 0 Å². The van der Waals surface area contributed by atoms with E-state index in [1.54, 1.807) is 0 Å². The average Bonchev–Trinajstić information content (AvgIpc) is 2.53. The first-order valence-electron chi connectivity index (χ1n) is 9.75. The van der Waals surface area contributed by atoms with Crippen LogP contribution in [-0.4, -0.2) is 75.2 Å². The fourth-order valence-corrected chi connectivity index (χ4v) is 3.96. The van der Waals surface area contributed by atoms with Gasteiger partial charge in [0, 0.05) is 52.4 Å². The Balaban J connectivity index is 1.36. The molecule has 0 aliphatic carbocycles. The van der Waals surface area contributed by atoms with Crippen LogP contribution in [0.2, 0.25) is 0 Å². The topological polar surface area (TPSA) is 30.5 Å². The summed E-state index contributed by atoms with van der Waals surface area (Å²) in [5, 5.41) is 7.14. The molecule has 0 radical (unpaired) electrons. The molecular weight excluding hydrogens is 284 g/mol. The van der Waals surface area contributed by atoms with Crippen LogP contribution in [0.4, 0.5) is 0 Å². The van der Waals surface area contributed by atoms with E-state index in [2.05, 4.69) is 46.4 Å². The second-order valence-electron chi connectivity index (χ2n) is 7.62.